The molecule has 0 bridgehead atoms. The van der Waals surface area contributed by atoms with Gasteiger partial charge in [-0.1, -0.05) is 11.8 Å². The zero-order chi connectivity index (χ0) is 11.3. The first kappa shape index (κ1) is 11.1. The van der Waals surface area contributed by atoms with Crippen LogP contribution >= 0.6 is 0 Å². The van der Waals surface area contributed by atoms with Crippen LogP contribution in [0.2, 0.25) is 0 Å². The number of rotatable bonds is 2. The van der Waals surface area contributed by atoms with Crippen LogP contribution in [-0.2, 0) is 0 Å². The number of ether oxygens (including phenoxy) is 1. The summed E-state index contributed by atoms with van der Waals surface area (Å²) in [7, 11) is 1.40. The van der Waals surface area contributed by atoms with Gasteiger partial charge >= 0.3 is 0 Å². The van der Waals surface area contributed by atoms with Crippen LogP contribution in [0.25, 0.3) is 0 Å². The van der Waals surface area contributed by atoms with Crippen LogP contribution in [0.3, 0.4) is 0 Å². The fourth-order valence-electron chi connectivity index (χ4n) is 1.09. The summed E-state index contributed by atoms with van der Waals surface area (Å²) in [4.78, 5) is 10.7. The summed E-state index contributed by atoms with van der Waals surface area (Å²) < 4.78 is 4.87. The van der Waals surface area contributed by atoms with Crippen LogP contribution in [0.15, 0.2) is 12.1 Å². The Balaban J connectivity index is 3.28. The van der Waals surface area contributed by atoms with E-state index in [9.17, 15) is 9.90 Å². The van der Waals surface area contributed by atoms with Gasteiger partial charge in [-0.05, 0) is 6.07 Å². The first-order valence-electron chi connectivity index (χ1n) is 4.18. The van der Waals surface area contributed by atoms with Crippen LogP contribution in [0.4, 0.5) is 0 Å². The van der Waals surface area contributed by atoms with E-state index in [2.05, 4.69) is 11.8 Å². The molecule has 78 valence electrons. The highest BCUT2D eigenvalue weighted by molar-refractivity contribution is 5.81. The number of aliphatic hydroxyl groups excluding tert-OH is 1. The highest BCUT2D eigenvalue weighted by Gasteiger charge is 2.07. The van der Waals surface area contributed by atoms with E-state index >= 15 is 0 Å². The van der Waals surface area contributed by atoms with Crippen LogP contribution in [-0.4, -0.2) is 30.2 Å². The largest absolute Gasteiger partial charge is 0.504 e. The zero-order valence-electron chi connectivity index (χ0n) is 8.15. The third-order valence-corrected chi connectivity index (χ3v) is 1.78. The molecule has 0 saturated carbocycles. The van der Waals surface area contributed by atoms with Gasteiger partial charge in [0, 0.05) is 17.2 Å². The molecule has 15 heavy (non-hydrogen) atoms. The van der Waals surface area contributed by atoms with E-state index in [1.807, 2.05) is 0 Å². The normalized spacial score (nSPS) is 8.93. The van der Waals surface area contributed by atoms with Crippen molar-refractivity contribution in [1.82, 2.24) is 0 Å². The van der Waals surface area contributed by atoms with Crippen molar-refractivity contribution >= 4 is 6.29 Å². The van der Waals surface area contributed by atoms with Gasteiger partial charge in [0.15, 0.2) is 17.8 Å². The first-order chi connectivity index (χ1) is 7.22. The molecule has 0 spiro atoms. The van der Waals surface area contributed by atoms with Gasteiger partial charge in [0.1, 0.15) is 6.61 Å². The predicted octanol–water partition coefficient (Wildman–Crippen LogP) is 0.557. The number of carbonyl (C=O) groups is 1. The van der Waals surface area contributed by atoms with E-state index in [0.29, 0.717) is 11.8 Å². The maximum absolute atomic E-state index is 10.7. The number of aliphatic hydroxyl groups is 1. The van der Waals surface area contributed by atoms with Crippen molar-refractivity contribution in [3.05, 3.63) is 23.3 Å². The van der Waals surface area contributed by atoms with Crippen molar-refractivity contribution in [2.75, 3.05) is 13.7 Å². The van der Waals surface area contributed by atoms with E-state index in [-0.39, 0.29) is 23.7 Å². The monoisotopic (exact) mass is 206 g/mol. The Morgan fingerprint density at radius 2 is 2.27 bits per heavy atom. The smallest absolute Gasteiger partial charge is 0.161 e. The third-order valence-electron chi connectivity index (χ3n) is 1.78. The number of phenolic OH excluding ortho intramolecular Hbond substituents is 1. The van der Waals surface area contributed by atoms with Gasteiger partial charge in [-0.3, -0.25) is 4.79 Å². The second kappa shape index (κ2) is 5.03. The number of aromatic hydroxyl groups is 1. The molecule has 0 unspecified atom stereocenters. The molecule has 4 heteroatoms. The molecule has 0 heterocycles. The molecule has 1 rings (SSSR count). The zero-order valence-corrected chi connectivity index (χ0v) is 8.15. The maximum Gasteiger partial charge on any atom is 0.161 e. The summed E-state index contributed by atoms with van der Waals surface area (Å²) in [6, 6.07) is 2.72. The van der Waals surface area contributed by atoms with Gasteiger partial charge in [-0.2, -0.15) is 0 Å². The van der Waals surface area contributed by atoms with Gasteiger partial charge < -0.3 is 14.9 Å². The number of benzene rings is 1. The van der Waals surface area contributed by atoms with Crippen molar-refractivity contribution in [2.24, 2.45) is 0 Å². The fraction of sp³-hybridized carbons (Fsp3) is 0.182. The topological polar surface area (TPSA) is 66.8 Å². The lowest BCUT2D eigenvalue weighted by Crippen LogP contribution is -1.91. The minimum Gasteiger partial charge on any atom is -0.504 e. The molecule has 0 aliphatic heterocycles. The molecular formula is C11H10O4. The Bertz CT molecular complexity index is 426. The molecule has 0 amide bonds. The number of hydrogen-bond donors (Lipinski definition) is 2. The van der Waals surface area contributed by atoms with Crippen LogP contribution in [0.5, 0.6) is 11.5 Å². The molecule has 2 N–H and O–H groups in total. The number of phenols is 1. The van der Waals surface area contributed by atoms with Gasteiger partial charge in [0.25, 0.3) is 0 Å². The van der Waals surface area contributed by atoms with Gasteiger partial charge in [-0.25, -0.2) is 0 Å². The number of carbonyl (C=O) groups excluding carboxylic acids is 1. The van der Waals surface area contributed by atoms with Crippen molar-refractivity contribution in [2.45, 2.75) is 0 Å². The van der Waals surface area contributed by atoms with Crippen LogP contribution < -0.4 is 4.74 Å². The van der Waals surface area contributed by atoms with Crippen molar-refractivity contribution in [1.29, 1.82) is 0 Å². The van der Waals surface area contributed by atoms with E-state index < -0.39 is 0 Å². The minimum atomic E-state index is -0.290. The molecule has 0 fully saturated rings. The first-order valence-corrected chi connectivity index (χ1v) is 4.18. The number of methoxy groups -OCH3 is 1. The summed E-state index contributed by atoms with van der Waals surface area (Å²) in [5.41, 5.74) is 0.669. The summed E-state index contributed by atoms with van der Waals surface area (Å²) in [5.74, 6) is 5.14. The predicted molar refractivity (Wildman–Crippen MR) is 54.0 cm³/mol. The average Bonchev–Trinajstić information content (AvgIpc) is 2.26. The molecule has 0 atom stereocenters. The number of hydrogen-bond acceptors (Lipinski definition) is 4. The summed E-state index contributed by atoms with van der Waals surface area (Å²) in [6.45, 7) is -0.290. The molecule has 0 saturated heterocycles. The maximum atomic E-state index is 10.7. The van der Waals surface area contributed by atoms with Crippen molar-refractivity contribution < 1.29 is 19.7 Å². The van der Waals surface area contributed by atoms with E-state index in [0.717, 1.165) is 0 Å². The Morgan fingerprint density at radius 1 is 1.53 bits per heavy atom. The Morgan fingerprint density at radius 3 is 2.80 bits per heavy atom. The highest BCUT2D eigenvalue weighted by atomic mass is 16.5. The van der Waals surface area contributed by atoms with Gasteiger partial charge in [-0.15, -0.1) is 0 Å². The molecular weight excluding hydrogens is 196 g/mol. The second-order valence-electron chi connectivity index (χ2n) is 2.69. The molecule has 0 aromatic heterocycles. The average molecular weight is 206 g/mol. The highest BCUT2D eigenvalue weighted by Crippen LogP contribution is 2.28. The Kier molecular flexibility index (Phi) is 3.72. The minimum absolute atomic E-state index is 0.117. The summed E-state index contributed by atoms with van der Waals surface area (Å²) >= 11 is 0. The van der Waals surface area contributed by atoms with Gasteiger partial charge in [0.2, 0.25) is 0 Å². The van der Waals surface area contributed by atoms with Crippen LogP contribution in [0.1, 0.15) is 15.9 Å². The molecule has 4 nitrogen and oxygen atoms in total. The Hall–Kier alpha value is -1.99. The molecule has 1 aromatic rings. The molecule has 0 radical (unpaired) electrons. The van der Waals surface area contributed by atoms with Crippen molar-refractivity contribution in [3.8, 4) is 23.3 Å². The lowest BCUT2D eigenvalue weighted by Gasteiger charge is -2.05. The summed E-state index contributed by atoms with van der Waals surface area (Å²) in [5, 5.41) is 17.9. The Labute approximate surface area is 87.1 Å². The lowest BCUT2D eigenvalue weighted by atomic mass is 10.1. The lowest BCUT2D eigenvalue weighted by molar-refractivity contribution is 0.112. The second-order valence-corrected chi connectivity index (χ2v) is 2.69. The fourth-order valence-corrected chi connectivity index (χ4v) is 1.09. The number of aldehydes is 1. The molecule has 1 aromatic carbocycles. The van der Waals surface area contributed by atoms with E-state index in [1.54, 1.807) is 0 Å². The van der Waals surface area contributed by atoms with Gasteiger partial charge in [0.05, 0.1) is 7.11 Å². The van der Waals surface area contributed by atoms with Crippen LogP contribution in [0, 0.1) is 11.8 Å². The summed E-state index contributed by atoms with van der Waals surface area (Å²) in [6.07, 6.45) is 0.584. The molecule has 0 aliphatic rings. The quantitative estimate of drug-likeness (QED) is 0.548. The third kappa shape index (κ3) is 2.48. The van der Waals surface area contributed by atoms with Crippen molar-refractivity contribution in [3.63, 3.8) is 0 Å². The SMILES string of the molecule is COc1cc(C#CCO)c(C=O)cc1O. The molecule has 0 aliphatic carbocycles. The van der Waals surface area contributed by atoms with E-state index in [4.69, 9.17) is 9.84 Å². The standard InChI is InChI=1S/C11H10O4/c1-15-11-6-8(3-2-4-12)9(7-13)5-10(11)14/h5-7,12,14H,4H2,1H3. The van der Waals surface area contributed by atoms with E-state index in [1.165, 1.54) is 19.2 Å².